The summed E-state index contributed by atoms with van der Waals surface area (Å²) in [6.07, 6.45) is -0.451. The van der Waals surface area contributed by atoms with Crippen molar-refractivity contribution in [1.29, 1.82) is 0 Å². The van der Waals surface area contributed by atoms with Crippen molar-refractivity contribution in [2.45, 2.75) is 26.4 Å². The Kier molecular flexibility index (Phi) is 4.96. The number of ether oxygens (including phenoxy) is 1. The fraction of sp³-hybridized carbons (Fsp3) is 0.500. The summed E-state index contributed by atoms with van der Waals surface area (Å²) in [7, 11) is 0. The van der Waals surface area contributed by atoms with Gasteiger partial charge in [-0.2, -0.15) is 0 Å². The highest BCUT2D eigenvalue weighted by Crippen LogP contribution is 2.26. The zero-order valence-corrected chi connectivity index (χ0v) is 13.8. The van der Waals surface area contributed by atoms with E-state index in [0.717, 1.165) is 6.07 Å². The molecule has 1 heterocycles. The number of carbonyl (C=O) groups excluding carboxylic acids is 1. The monoisotopic (exact) mass is 342 g/mol. The topological polar surface area (TPSA) is 70.1 Å². The van der Waals surface area contributed by atoms with Gasteiger partial charge in [0.25, 0.3) is 0 Å². The maximum atomic E-state index is 14.3. The van der Waals surface area contributed by atoms with E-state index in [9.17, 15) is 18.4 Å². The molecule has 1 aliphatic rings. The Morgan fingerprint density at radius 3 is 2.21 bits per heavy atom. The highest BCUT2D eigenvalue weighted by Gasteiger charge is 2.28. The van der Waals surface area contributed by atoms with E-state index in [1.807, 2.05) is 0 Å². The normalized spacial score (nSPS) is 15.4. The Balaban J connectivity index is 2.09. The maximum absolute atomic E-state index is 14.3. The van der Waals surface area contributed by atoms with Crippen LogP contribution in [0, 0.1) is 11.6 Å². The average molecular weight is 342 g/mol. The zero-order valence-electron chi connectivity index (χ0n) is 13.8. The Morgan fingerprint density at radius 1 is 1.12 bits per heavy atom. The van der Waals surface area contributed by atoms with E-state index in [4.69, 9.17) is 9.84 Å². The van der Waals surface area contributed by atoms with Gasteiger partial charge in [0.05, 0.1) is 5.69 Å². The lowest BCUT2D eigenvalue weighted by Crippen LogP contribution is -2.50. The van der Waals surface area contributed by atoms with Crippen molar-refractivity contribution in [3.63, 3.8) is 0 Å². The second-order valence-corrected chi connectivity index (χ2v) is 6.52. The van der Waals surface area contributed by atoms with Gasteiger partial charge in [-0.3, -0.25) is 0 Å². The molecule has 2 rings (SSSR count). The van der Waals surface area contributed by atoms with Crippen LogP contribution in [0.5, 0.6) is 0 Å². The second-order valence-electron chi connectivity index (χ2n) is 6.52. The minimum absolute atomic E-state index is 0.0117. The molecule has 0 atom stereocenters. The predicted molar refractivity (Wildman–Crippen MR) is 83.3 cm³/mol. The number of anilines is 1. The van der Waals surface area contributed by atoms with Gasteiger partial charge in [-0.1, -0.05) is 0 Å². The van der Waals surface area contributed by atoms with Crippen LogP contribution >= 0.6 is 0 Å². The molecule has 1 saturated heterocycles. The molecule has 1 aromatic rings. The lowest BCUT2D eigenvalue weighted by atomic mass is 10.1. The van der Waals surface area contributed by atoms with Crippen molar-refractivity contribution < 1.29 is 28.2 Å². The van der Waals surface area contributed by atoms with Gasteiger partial charge in [0, 0.05) is 26.2 Å². The molecule has 0 radical (unpaired) electrons. The van der Waals surface area contributed by atoms with Crippen LogP contribution in [0.4, 0.5) is 19.3 Å². The number of carboxylic acid groups (broad SMARTS) is 1. The van der Waals surface area contributed by atoms with Crippen LogP contribution < -0.4 is 4.90 Å². The average Bonchev–Trinajstić information content (AvgIpc) is 2.45. The number of carboxylic acids is 1. The SMILES string of the molecule is CC(C)(C)OC(=O)N1CCN(c2ccc(F)c(C(=O)O)c2F)CC1. The number of benzene rings is 1. The van der Waals surface area contributed by atoms with E-state index in [2.05, 4.69) is 0 Å². The van der Waals surface area contributed by atoms with Crippen LogP contribution in [-0.4, -0.2) is 53.8 Å². The van der Waals surface area contributed by atoms with Gasteiger partial charge in [0.1, 0.15) is 17.0 Å². The van der Waals surface area contributed by atoms with Gasteiger partial charge in [0.15, 0.2) is 5.82 Å². The summed E-state index contributed by atoms with van der Waals surface area (Å²) in [6, 6.07) is 2.14. The standard InChI is InChI=1S/C16H20F2N2O4/c1-16(2,3)24-15(23)20-8-6-19(7-9-20)11-5-4-10(17)12(13(11)18)14(21)22/h4-5H,6-9H2,1-3H3,(H,21,22). The van der Waals surface area contributed by atoms with Crippen molar-refractivity contribution in [2.24, 2.45) is 0 Å². The number of hydrogen-bond donors (Lipinski definition) is 1. The Hall–Kier alpha value is -2.38. The van der Waals surface area contributed by atoms with Crippen LogP contribution in [-0.2, 0) is 4.74 Å². The molecule has 0 unspecified atom stereocenters. The first-order valence-electron chi connectivity index (χ1n) is 7.54. The molecular formula is C16H20F2N2O4. The van der Waals surface area contributed by atoms with Crippen molar-refractivity contribution in [3.05, 3.63) is 29.3 Å². The Morgan fingerprint density at radius 2 is 1.71 bits per heavy atom. The van der Waals surface area contributed by atoms with E-state index in [0.29, 0.717) is 26.2 Å². The molecule has 1 N–H and O–H groups in total. The van der Waals surface area contributed by atoms with Gasteiger partial charge in [-0.05, 0) is 32.9 Å². The summed E-state index contributed by atoms with van der Waals surface area (Å²) >= 11 is 0. The van der Waals surface area contributed by atoms with Crippen molar-refractivity contribution in [3.8, 4) is 0 Å². The third-order valence-electron chi connectivity index (χ3n) is 3.56. The highest BCUT2D eigenvalue weighted by molar-refractivity contribution is 5.89. The van der Waals surface area contributed by atoms with Gasteiger partial charge < -0.3 is 19.6 Å². The molecule has 0 saturated carbocycles. The summed E-state index contributed by atoms with van der Waals surface area (Å²) < 4.78 is 33.0. The van der Waals surface area contributed by atoms with Gasteiger partial charge >= 0.3 is 12.1 Å². The minimum Gasteiger partial charge on any atom is -0.477 e. The lowest BCUT2D eigenvalue weighted by Gasteiger charge is -2.37. The molecule has 0 bridgehead atoms. The number of carbonyl (C=O) groups is 2. The molecule has 1 amide bonds. The summed E-state index contributed by atoms with van der Waals surface area (Å²) in [6.45, 7) is 6.48. The molecule has 0 aromatic heterocycles. The Labute approximate surface area is 138 Å². The summed E-state index contributed by atoms with van der Waals surface area (Å²) in [5.41, 5.74) is -1.56. The number of nitrogens with zero attached hydrogens (tertiary/aromatic N) is 2. The van der Waals surface area contributed by atoms with E-state index in [1.54, 1.807) is 25.7 Å². The number of rotatable bonds is 2. The third-order valence-corrected chi connectivity index (χ3v) is 3.56. The highest BCUT2D eigenvalue weighted by atomic mass is 19.1. The molecule has 0 aliphatic carbocycles. The quantitative estimate of drug-likeness (QED) is 0.895. The first-order chi connectivity index (χ1) is 11.1. The van der Waals surface area contributed by atoms with Gasteiger partial charge in [-0.15, -0.1) is 0 Å². The van der Waals surface area contributed by atoms with Crippen LogP contribution in [0.25, 0.3) is 0 Å². The first-order valence-corrected chi connectivity index (χ1v) is 7.54. The molecule has 1 fully saturated rings. The largest absolute Gasteiger partial charge is 0.477 e. The van der Waals surface area contributed by atoms with Crippen LogP contribution in [0.1, 0.15) is 31.1 Å². The molecule has 8 heteroatoms. The number of hydrogen-bond acceptors (Lipinski definition) is 4. The van der Waals surface area contributed by atoms with Crippen LogP contribution in [0.15, 0.2) is 12.1 Å². The molecule has 1 aliphatic heterocycles. The van der Waals surface area contributed by atoms with Crippen molar-refractivity contribution in [1.82, 2.24) is 4.90 Å². The number of aromatic carboxylic acids is 1. The van der Waals surface area contributed by atoms with Crippen molar-refractivity contribution >= 4 is 17.7 Å². The summed E-state index contributed by atoms with van der Waals surface area (Å²) in [5, 5.41) is 8.92. The number of amides is 1. The van der Waals surface area contributed by atoms with E-state index in [-0.39, 0.29) is 5.69 Å². The number of halogens is 2. The van der Waals surface area contributed by atoms with Crippen LogP contribution in [0.2, 0.25) is 0 Å². The minimum atomic E-state index is -1.65. The molecule has 6 nitrogen and oxygen atoms in total. The fourth-order valence-corrected chi connectivity index (χ4v) is 2.44. The predicted octanol–water partition coefficient (Wildman–Crippen LogP) is 2.72. The molecule has 1 aromatic carbocycles. The smallest absolute Gasteiger partial charge is 0.410 e. The van der Waals surface area contributed by atoms with Crippen LogP contribution in [0.3, 0.4) is 0 Å². The summed E-state index contributed by atoms with van der Waals surface area (Å²) in [4.78, 5) is 26.1. The zero-order chi connectivity index (χ0) is 18.1. The molecule has 0 spiro atoms. The fourth-order valence-electron chi connectivity index (χ4n) is 2.44. The number of piperazine rings is 1. The molecule has 24 heavy (non-hydrogen) atoms. The van der Waals surface area contributed by atoms with Gasteiger partial charge in [-0.25, -0.2) is 18.4 Å². The van der Waals surface area contributed by atoms with Gasteiger partial charge in [0.2, 0.25) is 0 Å². The molecular weight excluding hydrogens is 322 g/mol. The lowest BCUT2D eigenvalue weighted by molar-refractivity contribution is 0.0240. The second kappa shape index (κ2) is 6.62. The first kappa shape index (κ1) is 18.0. The molecule has 132 valence electrons. The summed E-state index contributed by atoms with van der Waals surface area (Å²) in [5.74, 6) is -3.87. The third kappa shape index (κ3) is 3.93. The van der Waals surface area contributed by atoms with Crippen molar-refractivity contribution in [2.75, 3.05) is 31.1 Å². The van der Waals surface area contributed by atoms with E-state index < -0.39 is 34.9 Å². The maximum Gasteiger partial charge on any atom is 0.410 e. The van der Waals surface area contributed by atoms with E-state index in [1.165, 1.54) is 11.0 Å². The van der Waals surface area contributed by atoms with E-state index >= 15 is 0 Å². The Bertz CT molecular complexity index is 650.